The molecule has 1 unspecified atom stereocenters. The Bertz CT molecular complexity index is 1010. The summed E-state index contributed by atoms with van der Waals surface area (Å²) in [5, 5.41) is 20.2. The van der Waals surface area contributed by atoms with Crippen LogP contribution in [0.4, 0.5) is 16.2 Å². The fraction of sp³-hybridized carbons (Fsp3) is 0.692. The van der Waals surface area contributed by atoms with Gasteiger partial charge in [-0.15, -0.1) is 0 Å². The normalized spacial score (nSPS) is 20.1. The molecule has 0 bridgehead atoms. The first-order chi connectivity index (χ1) is 16.6. The number of halogens is 1. The molecule has 10 heteroatoms. The molecule has 1 aromatic rings. The average molecular weight is 537 g/mol. The summed E-state index contributed by atoms with van der Waals surface area (Å²) in [6.07, 6.45) is -1.11. The van der Waals surface area contributed by atoms with Gasteiger partial charge in [0.2, 0.25) is 0 Å². The molecule has 0 aromatic heterocycles. The number of amides is 1. The predicted octanol–water partition coefficient (Wildman–Crippen LogP) is 5.41. The number of hydrogen-bond acceptors (Lipinski definition) is 6. The standard InChI is InChI=1S/C26H41ClN4O4Si/c1-25(2,3)31(24(32)33)22-12-18(13-28)11-21(23(22)27)29-9-10-30(20-15-34-16-20)19(14-29)17-35-36(7,8)26(4,5)6/h11-12,19-20H,9-10,14-17H2,1-8H3,(H,32,33). The summed E-state index contributed by atoms with van der Waals surface area (Å²) in [6.45, 7) is 20.9. The van der Waals surface area contributed by atoms with Crippen LogP contribution in [0.3, 0.4) is 0 Å². The molecule has 36 heavy (non-hydrogen) atoms. The molecule has 8 nitrogen and oxygen atoms in total. The highest BCUT2D eigenvalue weighted by Gasteiger charge is 2.41. The molecule has 0 saturated carbocycles. The van der Waals surface area contributed by atoms with Crippen LogP contribution in [0.5, 0.6) is 0 Å². The number of hydrogen-bond donors (Lipinski definition) is 1. The fourth-order valence-corrected chi connectivity index (χ4v) is 5.81. The largest absolute Gasteiger partial charge is 0.465 e. The van der Waals surface area contributed by atoms with E-state index in [1.807, 2.05) is 20.8 Å². The Labute approximate surface area is 221 Å². The molecule has 3 rings (SSSR count). The van der Waals surface area contributed by atoms with Crippen LogP contribution < -0.4 is 9.80 Å². The third-order valence-electron chi connectivity index (χ3n) is 7.67. The first-order valence-electron chi connectivity index (χ1n) is 12.6. The Kier molecular flexibility index (Phi) is 8.38. The maximum Gasteiger partial charge on any atom is 0.412 e. The number of nitriles is 1. The molecule has 1 aromatic carbocycles. The molecule has 2 aliphatic rings. The van der Waals surface area contributed by atoms with E-state index in [4.69, 9.17) is 20.8 Å². The van der Waals surface area contributed by atoms with Crippen LogP contribution >= 0.6 is 11.6 Å². The number of anilines is 2. The number of nitrogens with zero attached hydrogens (tertiary/aromatic N) is 4. The zero-order valence-corrected chi connectivity index (χ0v) is 24.6. The summed E-state index contributed by atoms with van der Waals surface area (Å²) in [5.74, 6) is 0. The van der Waals surface area contributed by atoms with Gasteiger partial charge in [-0.2, -0.15) is 5.26 Å². The summed E-state index contributed by atoms with van der Waals surface area (Å²) >= 11 is 6.90. The van der Waals surface area contributed by atoms with Gasteiger partial charge in [-0.1, -0.05) is 32.4 Å². The van der Waals surface area contributed by atoms with Crippen molar-refractivity contribution >= 4 is 37.4 Å². The minimum atomic E-state index is -1.95. The van der Waals surface area contributed by atoms with Crippen LogP contribution in [-0.4, -0.2) is 81.5 Å². The van der Waals surface area contributed by atoms with Crippen molar-refractivity contribution in [3.8, 4) is 6.07 Å². The maximum atomic E-state index is 12.2. The number of piperazine rings is 1. The first-order valence-corrected chi connectivity index (χ1v) is 15.8. The van der Waals surface area contributed by atoms with Crippen molar-refractivity contribution < 1.29 is 19.1 Å². The van der Waals surface area contributed by atoms with Crippen molar-refractivity contribution in [3.63, 3.8) is 0 Å². The quantitative estimate of drug-likeness (QED) is 0.486. The van der Waals surface area contributed by atoms with Crippen molar-refractivity contribution in [1.82, 2.24) is 4.90 Å². The molecule has 0 aliphatic carbocycles. The van der Waals surface area contributed by atoms with Gasteiger partial charge >= 0.3 is 6.09 Å². The van der Waals surface area contributed by atoms with E-state index in [2.05, 4.69) is 49.7 Å². The average Bonchev–Trinajstić information content (AvgIpc) is 2.71. The summed E-state index contributed by atoms with van der Waals surface area (Å²) in [7, 11) is -1.95. The molecule has 1 N–H and O–H groups in total. The zero-order valence-electron chi connectivity index (χ0n) is 22.9. The molecular formula is C26H41ClN4O4Si. The van der Waals surface area contributed by atoms with Gasteiger partial charge in [0.15, 0.2) is 8.32 Å². The summed E-state index contributed by atoms with van der Waals surface area (Å²) in [5.41, 5.74) is 0.657. The Morgan fingerprint density at radius 3 is 2.36 bits per heavy atom. The highest BCUT2D eigenvalue weighted by molar-refractivity contribution is 6.74. The van der Waals surface area contributed by atoms with Gasteiger partial charge in [-0.3, -0.25) is 9.80 Å². The summed E-state index contributed by atoms with van der Waals surface area (Å²) in [6, 6.07) is 6.02. The van der Waals surface area contributed by atoms with Crippen LogP contribution in [0.1, 0.15) is 47.1 Å². The van der Waals surface area contributed by atoms with Gasteiger partial charge in [0.1, 0.15) is 0 Å². The van der Waals surface area contributed by atoms with Crippen molar-refractivity contribution in [2.75, 3.05) is 49.3 Å². The number of carbonyl (C=O) groups is 1. The topological polar surface area (TPSA) is 89.3 Å². The van der Waals surface area contributed by atoms with Gasteiger partial charge in [-0.25, -0.2) is 4.79 Å². The second-order valence-electron chi connectivity index (χ2n) is 12.3. The molecule has 1 amide bonds. The van der Waals surface area contributed by atoms with E-state index in [-0.39, 0.29) is 11.1 Å². The van der Waals surface area contributed by atoms with Gasteiger partial charge in [0.25, 0.3) is 0 Å². The van der Waals surface area contributed by atoms with Crippen LogP contribution in [0.25, 0.3) is 0 Å². The highest BCUT2D eigenvalue weighted by atomic mass is 35.5. The maximum absolute atomic E-state index is 12.2. The summed E-state index contributed by atoms with van der Waals surface area (Å²) in [4.78, 5) is 18.1. The SMILES string of the molecule is CC(C)(C)N(C(=O)O)c1cc(C#N)cc(N2CCN(C3COC3)C(CO[Si](C)(C)C(C)(C)C)C2)c1Cl. The molecule has 2 heterocycles. The lowest BCUT2D eigenvalue weighted by Gasteiger charge is -2.49. The molecule has 1 atom stereocenters. The third-order valence-corrected chi connectivity index (χ3v) is 12.6. The van der Waals surface area contributed by atoms with Gasteiger partial charge in [0.05, 0.1) is 53.9 Å². The second-order valence-corrected chi connectivity index (χ2v) is 17.5. The van der Waals surface area contributed by atoms with E-state index in [1.165, 1.54) is 4.90 Å². The minimum absolute atomic E-state index is 0.109. The third kappa shape index (κ3) is 6.00. The molecule has 2 fully saturated rings. The van der Waals surface area contributed by atoms with Crippen LogP contribution in [0.2, 0.25) is 23.2 Å². The molecule has 2 aliphatic heterocycles. The smallest absolute Gasteiger partial charge is 0.412 e. The predicted molar refractivity (Wildman–Crippen MR) is 147 cm³/mol. The van der Waals surface area contributed by atoms with Crippen molar-refractivity contribution in [2.45, 2.75) is 77.3 Å². The Morgan fingerprint density at radius 2 is 1.89 bits per heavy atom. The Morgan fingerprint density at radius 1 is 1.25 bits per heavy atom. The molecule has 2 saturated heterocycles. The van der Waals surface area contributed by atoms with Crippen LogP contribution in [0.15, 0.2) is 12.1 Å². The number of rotatable bonds is 6. The minimum Gasteiger partial charge on any atom is -0.465 e. The van der Waals surface area contributed by atoms with Crippen molar-refractivity contribution in [2.24, 2.45) is 0 Å². The monoisotopic (exact) mass is 536 g/mol. The molecule has 0 radical (unpaired) electrons. The van der Waals surface area contributed by atoms with E-state index in [1.54, 1.807) is 12.1 Å². The van der Waals surface area contributed by atoms with E-state index in [0.29, 0.717) is 47.7 Å². The Hall–Kier alpha value is -1.83. The lowest BCUT2D eigenvalue weighted by molar-refractivity contribution is -0.0872. The molecule has 200 valence electrons. The first kappa shape index (κ1) is 28.7. The van der Waals surface area contributed by atoms with E-state index >= 15 is 0 Å². The lowest BCUT2D eigenvalue weighted by atomic mass is 10.0. The van der Waals surface area contributed by atoms with Gasteiger partial charge in [-0.05, 0) is 51.0 Å². The van der Waals surface area contributed by atoms with E-state index < -0.39 is 19.9 Å². The van der Waals surface area contributed by atoms with Crippen molar-refractivity contribution in [3.05, 3.63) is 22.7 Å². The second kappa shape index (κ2) is 10.5. The van der Waals surface area contributed by atoms with Crippen LogP contribution in [-0.2, 0) is 9.16 Å². The molecular weight excluding hydrogens is 496 g/mol. The van der Waals surface area contributed by atoms with Crippen LogP contribution in [0, 0.1) is 11.3 Å². The fourth-order valence-electron chi connectivity index (χ4n) is 4.46. The van der Waals surface area contributed by atoms with Gasteiger partial charge < -0.3 is 19.2 Å². The summed E-state index contributed by atoms with van der Waals surface area (Å²) < 4.78 is 12.1. The number of ether oxygens (including phenoxy) is 1. The lowest BCUT2D eigenvalue weighted by Crippen LogP contribution is -2.63. The number of benzene rings is 1. The zero-order chi connectivity index (χ0) is 27.1. The highest BCUT2D eigenvalue weighted by Crippen LogP contribution is 2.41. The molecule has 0 spiro atoms. The number of carboxylic acid groups (broad SMARTS) is 1. The van der Waals surface area contributed by atoms with Crippen molar-refractivity contribution in [1.29, 1.82) is 5.26 Å². The van der Waals surface area contributed by atoms with E-state index in [9.17, 15) is 15.2 Å². The van der Waals surface area contributed by atoms with E-state index in [0.717, 1.165) is 19.8 Å². The Balaban J connectivity index is 1.95. The van der Waals surface area contributed by atoms with Gasteiger partial charge in [0, 0.05) is 31.2 Å².